The number of carbonyl (C=O) groups is 1. The van der Waals surface area contributed by atoms with Crippen LogP contribution >= 0.6 is 0 Å². The summed E-state index contributed by atoms with van der Waals surface area (Å²) >= 11 is 0.667. The van der Waals surface area contributed by atoms with E-state index < -0.39 is 6.16 Å². The normalized spacial score (nSPS) is 3.33. The van der Waals surface area contributed by atoms with Crippen molar-refractivity contribution >= 4 is 71.3 Å². The Bertz CT molecular complexity index is 54.9. The third-order valence-corrected chi connectivity index (χ3v) is 0. The van der Waals surface area contributed by atoms with Gasteiger partial charge in [0.15, 0.2) is 0 Å². The molecular formula is CH5AlBaCeO5. The second kappa shape index (κ2) is 31.6. The van der Waals surface area contributed by atoms with Crippen molar-refractivity contribution in [2.45, 2.75) is 0 Å². The molecule has 0 aromatic carbocycles. The van der Waals surface area contributed by atoms with E-state index in [9.17, 15) is 0 Å². The monoisotopic (exact) mass is 402 g/mol. The fraction of sp³-hybridized carbons (Fsp3) is 0. The maximum atomic E-state index is 8.56. The average Bonchev–Trinajstić information content (AvgIpc) is 1.75. The van der Waals surface area contributed by atoms with Gasteiger partial charge < -0.3 is 10.2 Å². The zero-order chi connectivity index (χ0) is 7.58. The van der Waals surface area contributed by atoms with Crippen molar-refractivity contribution in [1.82, 2.24) is 0 Å². The molecule has 0 fully saturated rings. The first-order chi connectivity index (χ1) is 3.73. The first-order valence-electron chi connectivity index (χ1n) is 1.14. The van der Waals surface area contributed by atoms with Crippen LogP contribution in [0.3, 0.4) is 0 Å². The van der Waals surface area contributed by atoms with Gasteiger partial charge in [0, 0.05) is 0 Å². The summed E-state index contributed by atoms with van der Waals surface area (Å²) < 4.78 is 16.7. The standard InChI is InChI=1S/CH2O3.Al.Ba.Ce.2O.3H/c2-1(3)4;;;;;;;;/h(H2,2,3,4);;;;;;;;. The molecular weight excluding hydrogens is 396 g/mol. The van der Waals surface area contributed by atoms with Crippen LogP contribution in [0.4, 0.5) is 4.79 Å². The van der Waals surface area contributed by atoms with E-state index in [4.69, 9.17) is 19.7 Å². The van der Waals surface area contributed by atoms with E-state index in [1.165, 1.54) is 0 Å². The fourth-order valence-electron chi connectivity index (χ4n) is 0. The Balaban J connectivity index is -0.0000000221. The molecule has 0 bridgehead atoms. The summed E-state index contributed by atoms with van der Waals surface area (Å²) in [5.41, 5.74) is 0. The number of carboxylic acid groups (broad SMARTS) is 2. The van der Waals surface area contributed by atoms with Gasteiger partial charge in [-0.15, -0.1) is 0 Å². The number of hydrogen-bond donors (Lipinski definition) is 2. The van der Waals surface area contributed by atoms with Crippen molar-refractivity contribution in [1.29, 1.82) is 0 Å². The summed E-state index contributed by atoms with van der Waals surface area (Å²) in [6, 6.07) is 0. The maximum absolute atomic E-state index is 8.56. The number of rotatable bonds is 0. The summed E-state index contributed by atoms with van der Waals surface area (Å²) in [7, 11) is 0. The minimum absolute atomic E-state index is 0. The van der Waals surface area contributed by atoms with Crippen LogP contribution in [0.5, 0.6) is 0 Å². The van der Waals surface area contributed by atoms with Gasteiger partial charge in [-0.05, 0) is 0 Å². The topological polar surface area (TPSA) is 91.7 Å². The Morgan fingerprint density at radius 2 is 1.22 bits per heavy atom. The summed E-state index contributed by atoms with van der Waals surface area (Å²) in [6.45, 7) is 0. The van der Waals surface area contributed by atoms with Gasteiger partial charge in [0.25, 0.3) is 0 Å². The van der Waals surface area contributed by atoms with Crippen LogP contribution in [0.25, 0.3) is 0 Å². The molecule has 0 aromatic rings. The molecule has 5 nitrogen and oxygen atoms in total. The summed E-state index contributed by atoms with van der Waals surface area (Å²) in [6.07, 6.45) is -1.83. The molecule has 0 radical (unpaired) electrons. The Kier molecular flexibility index (Phi) is 79.1. The van der Waals surface area contributed by atoms with Crippen molar-refractivity contribution < 1.29 is 59.5 Å². The van der Waals surface area contributed by atoms with Crippen LogP contribution in [0, 0.1) is 39.8 Å². The van der Waals surface area contributed by atoms with Gasteiger partial charge in [-0.25, -0.2) is 4.79 Å². The Morgan fingerprint density at radius 1 is 1.22 bits per heavy atom. The molecule has 0 unspecified atom stereocenters. The molecule has 0 saturated carbocycles. The molecule has 0 aliphatic carbocycles. The predicted molar refractivity (Wildman–Crippen MR) is 27.7 cm³/mol. The second-order valence-electron chi connectivity index (χ2n) is 0.283. The van der Waals surface area contributed by atoms with E-state index in [2.05, 4.69) is 0 Å². The Labute approximate surface area is 127 Å². The van der Waals surface area contributed by atoms with Gasteiger partial charge in [-0.3, -0.25) is 0 Å². The molecule has 0 aromatic heterocycles. The average molecular weight is 401 g/mol. The van der Waals surface area contributed by atoms with Crippen molar-refractivity contribution in [3.05, 3.63) is 0 Å². The van der Waals surface area contributed by atoms with Crippen molar-refractivity contribution in [3.63, 3.8) is 0 Å². The van der Waals surface area contributed by atoms with Crippen LogP contribution in [0.2, 0.25) is 0 Å². The Morgan fingerprint density at radius 3 is 1.22 bits per heavy atom. The molecule has 0 aliphatic rings. The number of hydrogen-bond acceptors (Lipinski definition) is 3. The van der Waals surface area contributed by atoms with Gasteiger partial charge in [0.1, 0.15) is 0 Å². The molecule has 0 aliphatic heterocycles. The van der Waals surface area contributed by atoms with Crippen LogP contribution in [0.15, 0.2) is 0 Å². The zero-order valence-electron chi connectivity index (χ0n) is 3.83. The van der Waals surface area contributed by atoms with Gasteiger partial charge in [-0.2, -0.15) is 0 Å². The molecule has 48 valence electrons. The third-order valence-electron chi connectivity index (χ3n) is 0. The SMILES string of the molecule is O=C(O)O.[BaH2].[O]=[AlH].[O]=[Ce]. The van der Waals surface area contributed by atoms with E-state index in [0.29, 0.717) is 16.2 Å². The van der Waals surface area contributed by atoms with Crippen LogP contribution in [-0.2, 0) is 4.74 Å². The van der Waals surface area contributed by atoms with E-state index in [0.717, 1.165) is 0 Å². The molecule has 0 amide bonds. The van der Waals surface area contributed by atoms with Crippen LogP contribution in [0.1, 0.15) is 0 Å². The molecule has 0 saturated heterocycles. The molecule has 0 heterocycles. The third kappa shape index (κ3) is 131. The van der Waals surface area contributed by atoms with E-state index in [-0.39, 0.29) is 88.7 Å². The van der Waals surface area contributed by atoms with Gasteiger partial charge in [-0.1, -0.05) is 0 Å². The Hall–Kier alpha value is 2.35. The van der Waals surface area contributed by atoms with E-state index >= 15 is 0 Å². The second-order valence-corrected chi connectivity index (χ2v) is 0.283. The van der Waals surface area contributed by atoms with Gasteiger partial charge in [0.2, 0.25) is 0 Å². The molecule has 9 heavy (non-hydrogen) atoms. The minimum atomic E-state index is -1.83. The molecule has 0 atom stereocenters. The van der Waals surface area contributed by atoms with Gasteiger partial charge in [0.05, 0.1) is 0 Å². The van der Waals surface area contributed by atoms with Crippen molar-refractivity contribution in [3.8, 4) is 0 Å². The quantitative estimate of drug-likeness (QED) is 0.478. The predicted octanol–water partition coefficient (Wildman–Crippen LogP) is -1.58. The fourth-order valence-corrected chi connectivity index (χ4v) is 0. The van der Waals surface area contributed by atoms with Crippen LogP contribution in [-0.4, -0.2) is 81.5 Å². The molecule has 0 rings (SSSR count). The first kappa shape index (κ1) is 22.5. The molecule has 8 heteroatoms. The first-order valence-corrected chi connectivity index (χ1v) is 3.00. The van der Waals surface area contributed by atoms with E-state index in [1.807, 2.05) is 0 Å². The van der Waals surface area contributed by atoms with Crippen molar-refractivity contribution in [2.24, 2.45) is 0 Å². The molecule has 0 spiro atoms. The van der Waals surface area contributed by atoms with E-state index in [1.54, 1.807) is 0 Å². The summed E-state index contributed by atoms with van der Waals surface area (Å²) in [5.74, 6) is 0. The summed E-state index contributed by atoms with van der Waals surface area (Å²) in [4.78, 5) is 8.56. The van der Waals surface area contributed by atoms with Gasteiger partial charge >= 0.3 is 116 Å². The summed E-state index contributed by atoms with van der Waals surface area (Å²) in [5, 5.41) is 13.9. The van der Waals surface area contributed by atoms with Crippen LogP contribution < -0.4 is 0 Å². The molecule has 2 N–H and O–H groups in total. The van der Waals surface area contributed by atoms with Crippen molar-refractivity contribution in [2.75, 3.05) is 0 Å². The zero-order valence-corrected chi connectivity index (χ0v) is 8.38.